The van der Waals surface area contributed by atoms with E-state index in [4.69, 9.17) is 9.47 Å². The Bertz CT molecular complexity index is 988. The van der Waals surface area contributed by atoms with Crippen LogP contribution in [0, 0.1) is 0 Å². The van der Waals surface area contributed by atoms with Crippen LogP contribution in [-0.2, 0) is 12.8 Å². The van der Waals surface area contributed by atoms with E-state index in [2.05, 4.69) is 5.32 Å². The Morgan fingerprint density at radius 3 is 2.38 bits per heavy atom. The van der Waals surface area contributed by atoms with Crippen molar-refractivity contribution in [1.29, 1.82) is 0 Å². The SMILES string of the molecule is COc1ccc(C(=O)Nc2cccc(C(F)(F)F)c2)cc1OCc1ccccc1. The Labute approximate surface area is 165 Å². The lowest BCUT2D eigenvalue weighted by atomic mass is 10.1. The highest BCUT2D eigenvalue weighted by atomic mass is 19.4. The molecule has 0 atom stereocenters. The van der Waals surface area contributed by atoms with Gasteiger partial charge in [-0.05, 0) is 42.0 Å². The molecule has 3 aromatic rings. The number of carbonyl (C=O) groups excluding carboxylic acids is 1. The zero-order valence-corrected chi connectivity index (χ0v) is 15.5. The fourth-order valence-electron chi connectivity index (χ4n) is 2.64. The molecule has 0 fully saturated rings. The van der Waals surface area contributed by atoms with Crippen molar-refractivity contribution in [1.82, 2.24) is 0 Å². The van der Waals surface area contributed by atoms with E-state index in [0.29, 0.717) is 11.5 Å². The van der Waals surface area contributed by atoms with Gasteiger partial charge < -0.3 is 14.8 Å². The molecule has 0 aliphatic rings. The largest absolute Gasteiger partial charge is 0.493 e. The Morgan fingerprint density at radius 1 is 0.931 bits per heavy atom. The van der Waals surface area contributed by atoms with E-state index in [0.717, 1.165) is 17.7 Å². The minimum atomic E-state index is -4.49. The average molecular weight is 401 g/mol. The lowest BCUT2D eigenvalue weighted by molar-refractivity contribution is -0.137. The molecule has 0 aromatic heterocycles. The minimum Gasteiger partial charge on any atom is -0.493 e. The van der Waals surface area contributed by atoms with Crippen LogP contribution >= 0.6 is 0 Å². The summed E-state index contributed by atoms with van der Waals surface area (Å²) >= 11 is 0. The molecule has 0 bridgehead atoms. The van der Waals surface area contributed by atoms with E-state index >= 15 is 0 Å². The van der Waals surface area contributed by atoms with Gasteiger partial charge in [0.25, 0.3) is 5.91 Å². The number of halogens is 3. The molecule has 0 radical (unpaired) electrons. The second kappa shape index (κ2) is 8.68. The lowest BCUT2D eigenvalue weighted by Gasteiger charge is -2.13. The number of hydrogen-bond acceptors (Lipinski definition) is 3. The lowest BCUT2D eigenvalue weighted by Crippen LogP contribution is -2.13. The quantitative estimate of drug-likeness (QED) is 0.590. The van der Waals surface area contributed by atoms with Crippen molar-refractivity contribution in [3.8, 4) is 11.5 Å². The fourth-order valence-corrected chi connectivity index (χ4v) is 2.64. The average Bonchev–Trinajstić information content (AvgIpc) is 2.72. The summed E-state index contributed by atoms with van der Waals surface area (Å²) in [5.41, 5.74) is 0.379. The summed E-state index contributed by atoms with van der Waals surface area (Å²) in [6, 6.07) is 18.5. The molecule has 1 amide bonds. The molecule has 0 heterocycles. The van der Waals surface area contributed by atoms with E-state index in [1.807, 2.05) is 30.3 Å². The molecule has 7 heteroatoms. The number of ether oxygens (including phenoxy) is 2. The highest BCUT2D eigenvalue weighted by Crippen LogP contribution is 2.32. The van der Waals surface area contributed by atoms with Crippen molar-refractivity contribution < 1.29 is 27.4 Å². The maximum absolute atomic E-state index is 12.8. The first-order valence-electron chi connectivity index (χ1n) is 8.70. The van der Waals surface area contributed by atoms with Gasteiger partial charge in [-0.25, -0.2) is 0 Å². The van der Waals surface area contributed by atoms with Crippen molar-refractivity contribution in [2.45, 2.75) is 12.8 Å². The van der Waals surface area contributed by atoms with Crippen molar-refractivity contribution in [3.05, 3.63) is 89.5 Å². The summed E-state index contributed by atoms with van der Waals surface area (Å²) in [5.74, 6) is 0.237. The third-order valence-electron chi connectivity index (χ3n) is 4.11. The first-order valence-corrected chi connectivity index (χ1v) is 8.70. The van der Waals surface area contributed by atoms with Crippen molar-refractivity contribution in [2.75, 3.05) is 12.4 Å². The van der Waals surface area contributed by atoms with E-state index < -0.39 is 17.6 Å². The van der Waals surface area contributed by atoms with Gasteiger partial charge in [-0.15, -0.1) is 0 Å². The Kier molecular flexibility index (Phi) is 6.07. The normalized spacial score (nSPS) is 11.0. The van der Waals surface area contributed by atoms with E-state index in [1.54, 1.807) is 6.07 Å². The van der Waals surface area contributed by atoms with Crippen LogP contribution < -0.4 is 14.8 Å². The zero-order chi connectivity index (χ0) is 20.9. The zero-order valence-electron chi connectivity index (χ0n) is 15.5. The number of hydrogen-bond donors (Lipinski definition) is 1. The maximum atomic E-state index is 12.8. The summed E-state index contributed by atoms with van der Waals surface area (Å²) in [5, 5.41) is 2.47. The number of alkyl halides is 3. The molecule has 0 saturated heterocycles. The number of benzene rings is 3. The monoisotopic (exact) mass is 401 g/mol. The van der Waals surface area contributed by atoms with Gasteiger partial charge in [0.2, 0.25) is 0 Å². The predicted octanol–water partition coefficient (Wildman–Crippen LogP) is 5.55. The molecule has 0 unspecified atom stereocenters. The van der Waals surface area contributed by atoms with Gasteiger partial charge >= 0.3 is 6.18 Å². The molecule has 29 heavy (non-hydrogen) atoms. The molecule has 0 saturated carbocycles. The van der Waals surface area contributed by atoms with Crippen molar-refractivity contribution in [2.24, 2.45) is 0 Å². The van der Waals surface area contributed by atoms with E-state index in [-0.39, 0.29) is 17.9 Å². The molecule has 0 aliphatic carbocycles. The summed E-state index contributed by atoms with van der Waals surface area (Å²) in [6.07, 6.45) is -4.49. The predicted molar refractivity (Wildman–Crippen MR) is 103 cm³/mol. The van der Waals surface area contributed by atoms with Crippen molar-refractivity contribution in [3.63, 3.8) is 0 Å². The number of nitrogens with one attached hydrogen (secondary N) is 1. The number of anilines is 1. The first-order chi connectivity index (χ1) is 13.9. The van der Waals surface area contributed by atoms with Crippen LogP contribution in [0.5, 0.6) is 11.5 Å². The van der Waals surface area contributed by atoms with Crippen LogP contribution in [0.25, 0.3) is 0 Å². The fraction of sp³-hybridized carbons (Fsp3) is 0.136. The van der Waals surface area contributed by atoms with Crippen LogP contribution in [0.1, 0.15) is 21.5 Å². The Hall–Kier alpha value is -3.48. The summed E-state index contributed by atoms with van der Waals surface area (Å²) in [4.78, 5) is 12.5. The second-order valence-electron chi connectivity index (χ2n) is 6.17. The Morgan fingerprint density at radius 2 is 1.69 bits per heavy atom. The molecule has 4 nitrogen and oxygen atoms in total. The third kappa shape index (κ3) is 5.28. The van der Waals surface area contributed by atoms with Crippen LogP contribution in [0.4, 0.5) is 18.9 Å². The molecular formula is C22H18F3NO3. The van der Waals surface area contributed by atoms with Crippen LogP contribution in [0.2, 0.25) is 0 Å². The topological polar surface area (TPSA) is 47.6 Å². The molecule has 0 aliphatic heterocycles. The smallest absolute Gasteiger partial charge is 0.416 e. The standard InChI is InChI=1S/C22H18F3NO3/c1-28-19-11-10-16(12-20(19)29-14-15-6-3-2-4-7-15)21(27)26-18-9-5-8-17(13-18)22(23,24)25/h2-13H,14H2,1H3,(H,26,27). The van der Waals surface area contributed by atoms with Crippen molar-refractivity contribution >= 4 is 11.6 Å². The van der Waals surface area contributed by atoms with Crippen LogP contribution in [0.3, 0.4) is 0 Å². The first kappa shape index (κ1) is 20.3. The maximum Gasteiger partial charge on any atom is 0.416 e. The molecule has 3 rings (SSSR count). The molecule has 150 valence electrons. The van der Waals surface area contributed by atoms with E-state index in [9.17, 15) is 18.0 Å². The molecule has 0 spiro atoms. The van der Waals surface area contributed by atoms with Gasteiger partial charge in [0.15, 0.2) is 11.5 Å². The van der Waals surface area contributed by atoms with Gasteiger partial charge in [-0.2, -0.15) is 13.2 Å². The highest BCUT2D eigenvalue weighted by molar-refractivity contribution is 6.04. The van der Waals surface area contributed by atoms with Crippen LogP contribution in [-0.4, -0.2) is 13.0 Å². The van der Waals surface area contributed by atoms with Gasteiger partial charge in [-0.1, -0.05) is 36.4 Å². The van der Waals surface area contributed by atoms with Gasteiger partial charge in [0.1, 0.15) is 6.61 Å². The molecular weight excluding hydrogens is 383 g/mol. The van der Waals surface area contributed by atoms with E-state index in [1.165, 1.54) is 31.4 Å². The number of rotatable bonds is 6. The number of methoxy groups -OCH3 is 1. The summed E-state index contributed by atoms with van der Waals surface area (Å²) < 4.78 is 49.6. The highest BCUT2D eigenvalue weighted by Gasteiger charge is 2.30. The summed E-state index contributed by atoms with van der Waals surface area (Å²) in [7, 11) is 1.48. The van der Waals surface area contributed by atoms with Gasteiger partial charge in [-0.3, -0.25) is 4.79 Å². The Balaban J connectivity index is 1.77. The number of amides is 1. The van der Waals surface area contributed by atoms with Gasteiger partial charge in [0, 0.05) is 11.3 Å². The summed E-state index contributed by atoms with van der Waals surface area (Å²) in [6.45, 7) is 0.274. The number of carbonyl (C=O) groups is 1. The van der Waals surface area contributed by atoms with Gasteiger partial charge in [0.05, 0.1) is 12.7 Å². The molecule has 1 N–H and O–H groups in total. The minimum absolute atomic E-state index is 0.0485. The second-order valence-corrected chi connectivity index (χ2v) is 6.17. The van der Waals surface area contributed by atoms with Crippen LogP contribution in [0.15, 0.2) is 72.8 Å². The molecule has 3 aromatic carbocycles. The third-order valence-corrected chi connectivity index (χ3v) is 4.11.